The molecular formula is C42H34Cl2N2O6S2. The summed E-state index contributed by atoms with van der Waals surface area (Å²) in [5.41, 5.74) is 11.8. The predicted octanol–water partition coefficient (Wildman–Crippen LogP) is 8.12. The van der Waals surface area contributed by atoms with Gasteiger partial charge in [-0.3, -0.25) is 0 Å². The Bertz CT molecular complexity index is 2620. The van der Waals surface area contributed by atoms with Gasteiger partial charge in [-0.05, 0) is 108 Å². The normalized spacial score (nSPS) is 13.0. The maximum Gasteiger partial charge on any atom is 0.221 e. The smallest absolute Gasteiger partial charge is 0.221 e. The van der Waals surface area contributed by atoms with Gasteiger partial charge in [-0.2, -0.15) is 9.13 Å². The van der Waals surface area contributed by atoms with Crippen LogP contribution in [0.15, 0.2) is 131 Å². The number of hydrogen-bond acceptors (Lipinski definition) is 6. The zero-order valence-electron chi connectivity index (χ0n) is 29.3. The van der Waals surface area contributed by atoms with Crippen LogP contribution in [0.5, 0.6) is 0 Å². The van der Waals surface area contributed by atoms with E-state index in [2.05, 4.69) is 96.0 Å². The van der Waals surface area contributed by atoms with Gasteiger partial charge in [0.05, 0.1) is 31.7 Å². The molecule has 0 saturated carbocycles. The van der Waals surface area contributed by atoms with E-state index in [-0.39, 0.29) is 9.79 Å². The number of benzene rings is 5. The number of aromatic nitrogens is 2. The second kappa shape index (κ2) is 14.9. The number of halogens is 2. The summed E-state index contributed by atoms with van der Waals surface area (Å²) in [6.45, 7) is 6.78. The summed E-state index contributed by atoms with van der Waals surface area (Å²) < 4.78 is 67.1. The lowest BCUT2D eigenvalue weighted by Gasteiger charge is -2.27. The van der Waals surface area contributed by atoms with E-state index in [4.69, 9.17) is 23.2 Å². The fraction of sp³-hybridized carbons (Fsp3) is 0.143. The second-order valence-electron chi connectivity index (χ2n) is 13.2. The van der Waals surface area contributed by atoms with Gasteiger partial charge in [-0.25, -0.2) is 16.8 Å². The number of nitrogens with zero attached hydrogens (tertiary/aromatic N) is 2. The Labute approximate surface area is 324 Å². The van der Waals surface area contributed by atoms with Gasteiger partial charge in [0, 0.05) is 35.0 Å². The summed E-state index contributed by atoms with van der Waals surface area (Å²) in [5, 5.41) is 6.16. The van der Waals surface area contributed by atoms with E-state index in [1.54, 1.807) is 11.1 Å². The lowest BCUT2D eigenvalue weighted by atomic mass is 9.78. The molecule has 2 aliphatic rings. The lowest BCUT2D eigenvalue weighted by Crippen LogP contribution is -2.43. The number of rotatable bonds is 2. The van der Waals surface area contributed by atoms with Gasteiger partial charge in [0.25, 0.3) is 0 Å². The Balaban J connectivity index is 0.000000168. The molecule has 0 fully saturated rings. The Kier molecular flexibility index (Phi) is 10.4. The van der Waals surface area contributed by atoms with Gasteiger partial charge in [-0.15, -0.1) is 0 Å². The van der Waals surface area contributed by atoms with Crippen LogP contribution >= 0.6 is 23.2 Å². The van der Waals surface area contributed by atoms with Crippen LogP contribution in [0.2, 0.25) is 10.0 Å². The molecule has 5 aromatic carbocycles. The molecule has 0 bridgehead atoms. The molecule has 4 heterocycles. The van der Waals surface area contributed by atoms with E-state index < -0.39 is 20.2 Å². The summed E-state index contributed by atoms with van der Waals surface area (Å²) in [5.74, 6) is 0. The van der Waals surface area contributed by atoms with Gasteiger partial charge in [0.2, 0.25) is 11.4 Å². The third-order valence-corrected chi connectivity index (χ3v) is 12.3. The van der Waals surface area contributed by atoms with E-state index in [0.29, 0.717) is 10.0 Å². The molecule has 2 aromatic heterocycles. The molecule has 0 aliphatic carbocycles. The van der Waals surface area contributed by atoms with E-state index >= 15 is 0 Å². The van der Waals surface area contributed by atoms with E-state index in [0.717, 1.165) is 25.9 Å². The molecule has 2 aliphatic heterocycles. The van der Waals surface area contributed by atoms with Crippen molar-refractivity contribution in [3.05, 3.63) is 154 Å². The highest BCUT2D eigenvalue weighted by atomic mass is 35.5. The molecule has 0 saturated heterocycles. The van der Waals surface area contributed by atoms with Crippen molar-refractivity contribution in [1.29, 1.82) is 0 Å². The predicted molar refractivity (Wildman–Crippen MR) is 208 cm³/mol. The van der Waals surface area contributed by atoms with E-state index in [1.165, 1.54) is 104 Å². The Morgan fingerprint density at radius 1 is 0.519 bits per heavy atom. The van der Waals surface area contributed by atoms with Gasteiger partial charge in [0.15, 0.2) is 25.5 Å². The fourth-order valence-electron chi connectivity index (χ4n) is 7.39. The minimum Gasteiger partial charge on any atom is -0.744 e. The Morgan fingerprint density at radius 3 is 1.22 bits per heavy atom. The van der Waals surface area contributed by atoms with Gasteiger partial charge < -0.3 is 9.11 Å². The maximum atomic E-state index is 10.3. The van der Waals surface area contributed by atoms with Crippen LogP contribution in [-0.4, -0.2) is 25.9 Å². The zero-order valence-corrected chi connectivity index (χ0v) is 32.4. The van der Waals surface area contributed by atoms with Crippen LogP contribution in [0, 0.1) is 13.8 Å². The van der Waals surface area contributed by atoms with E-state index in [9.17, 15) is 25.9 Å². The molecule has 7 aromatic rings. The molecule has 0 amide bonds. The van der Waals surface area contributed by atoms with Crippen LogP contribution in [0.3, 0.4) is 0 Å². The van der Waals surface area contributed by atoms with Crippen LogP contribution in [-0.2, 0) is 46.2 Å². The van der Waals surface area contributed by atoms with E-state index in [1.807, 2.05) is 0 Å². The molecule has 12 heteroatoms. The first kappa shape index (κ1) is 37.6. The van der Waals surface area contributed by atoms with Crippen molar-refractivity contribution in [2.75, 3.05) is 0 Å². The Hall–Kier alpha value is -4.68. The highest BCUT2D eigenvalue weighted by Gasteiger charge is 2.38. The molecular weight excluding hydrogens is 764 g/mol. The van der Waals surface area contributed by atoms with Gasteiger partial charge in [-0.1, -0.05) is 59.6 Å². The number of aryl methyl sites for hydroxylation is 2. The topological polar surface area (TPSA) is 122 Å². The quantitative estimate of drug-likeness (QED) is 0.129. The minimum absolute atomic E-state index is 0.262. The SMILES string of the molecule is Cc1c(C)c2c(c3c1CC[n+]1ccc4ccccc4c1-3)-c1c3ccccc3cc[n+]1CC2.O=S(=O)([O-])c1ccc(Cl)cc1.O=S(=O)([O-])c1ccc(Cl)cc1. The van der Waals surface area contributed by atoms with Crippen LogP contribution in [0.1, 0.15) is 22.3 Å². The first-order valence-corrected chi connectivity index (χ1v) is 20.7. The maximum absolute atomic E-state index is 10.3. The Morgan fingerprint density at radius 2 is 0.870 bits per heavy atom. The highest BCUT2D eigenvalue weighted by molar-refractivity contribution is 7.86. The third-order valence-electron chi connectivity index (χ3n) is 10.1. The van der Waals surface area contributed by atoms with Crippen molar-refractivity contribution < 1.29 is 35.1 Å². The van der Waals surface area contributed by atoms with Crippen LogP contribution in [0.25, 0.3) is 44.1 Å². The average molecular weight is 798 g/mol. The van der Waals surface area contributed by atoms with Crippen molar-refractivity contribution in [2.45, 2.75) is 49.6 Å². The molecule has 0 atom stereocenters. The average Bonchev–Trinajstić information content (AvgIpc) is 3.16. The minimum atomic E-state index is -4.33. The molecule has 8 nitrogen and oxygen atoms in total. The fourth-order valence-corrected chi connectivity index (χ4v) is 8.58. The van der Waals surface area contributed by atoms with Crippen LogP contribution in [0.4, 0.5) is 0 Å². The second-order valence-corrected chi connectivity index (χ2v) is 16.8. The third kappa shape index (κ3) is 7.38. The molecule has 54 heavy (non-hydrogen) atoms. The molecule has 0 N–H and O–H groups in total. The van der Waals surface area contributed by atoms with Crippen molar-refractivity contribution in [3.63, 3.8) is 0 Å². The summed E-state index contributed by atoms with van der Waals surface area (Å²) in [6, 6.07) is 32.4. The molecule has 0 unspecified atom stereocenters. The molecule has 0 spiro atoms. The van der Waals surface area contributed by atoms with Crippen molar-refractivity contribution >= 4 is 65.0 Å². The summed E-state index contributed by atoms with van der Waals surface area (Å²) >= 11 is 10.9. The zero-order chi connectivity index (χ0) is 38.4. The number of hydrogen-bond donors (Lipinski definition) is 0. The summed E-state index contributed by atoms with van der Waals surface area (Å²) in [4.78, 5) is -0.524. The first-order chi connectivity index (χ1) is 25.7. The van der Waals surface area contributed by atoms with Crippen LogP contribution < -0.4 is 9.13 Å². The molecule has 274 valence electrons. The molecule has 9 rings (SSSR count). The van der Waals surface area contributed by atoms with Gasteiger partial charge >= 0.3 is 0 Å². The monoisotopic (exact) mass is 796 g/mol. The summed E-state index contributed by atoms with van der Waals surface area (Å²) in [7, 11) is -8.66. The summed E-state index contributed by atoms with van der Waals surface area (Å²) in [6.07, 6.45) is 6.77. The highest BCUT2D eigenvalue weighted by Crippen LogP contribution is 2.46. The van der Waals surface area contributed by atoms with Crippen molar-refractivity contribution in [3.8, 4) is 22.5 Å². The largest absolute Gasteiger partial charge is 0.744 e. The number of fused-ring (bicyclic) bond motifs is 11. The lowest BCUT2D eigenvalue weighted by molar-refractivity contribution is -0.688. The van der Waals surface area contributed by atoms with Crippen molar-refractivity contribution in [2.24, 2.45) is 0 Å². The first-order valence-electron chi connectivity index (χ1n) is 17.1. The van der Waals surface area contributed by atoms with Crippen molar-refractivity contribution in [1.82, 2.24) is 0 Å². The standard InChI is InChI=1S/C30H26N2.2C6H5ClO3S/c1-19-20(2)24-14-18-32-16-12-22-8-4-6-10-26(22)30(32)28(24)27-23(19)13-17-31-15-11-21-7-3-5-9-25(21)29(27)31;2*7-5-1-3-6(4-2-5)11(8,9)10/h3-12,15-16H,13-14,17-18H2,1-2H3;2*1-4H,(H,8,9,10)/q+2;;/p-2. The molecule has 0 radical (unpaired) electrons. The number of pyridine rings is 2. The van der Waals surface area contributed by atoms with Gasteiger partial charge in [0.1, 0.15) is 20.2 Å².